The fourth-order valence-corrected chi connectivity index (χ4v) is 3.86. The lowest BCUT2D eigenvalue weighted by Crippen LogP contribution is -2.15. The van der Waals surface area contributed by atoms with Crippen LogP contribution in [0.15, 0.2) is 64.1 Å². The molecule has 9 heteroatoms. The van der Waals surface area contributed by atoms with Crippen LogP contribution >= 0.6 is 11.6 Å². The molecule has 34 heavy (non-hydrogen) atoms. The summed E-state index contributed by atoms with van der Waals surface area (Å²) in [4.78, 5) is 15.0. The summed E-state index contributed by atoms with van der Waals surface area (Å²) in [6, 6.07) is 16.0. The van der Waals surface area contributed by atoms with E-state index in [9.17, 15) is 4.79 Å². The quantitative estimate of drug-likeness (QED) is 0.350. The lowest BCUT2D eigenvalue weighted by molar-refractivity contribution is -0.137. The second kappa shape index (κ2) is 9.07. The van der Waals surface area contributed by atoms with E-state index in [0.29, 0.717) is 46.6 Å². The zero-order valence-electron chi connectivity index (χ0n) is 18.1. The van der Waals surface area contributed by atoms with Gasteiger partial charge in [-0.2, -0.15) is 0 Å². The Balaban J connectivity index is 1.41. The van der Waals surface area contributed by atoms with Crippen LogP contribution in [0.3, 0.4) is 0 Å². The van der Waals surface area contributed by atoms with Gasteiger partial charge in [0.1, 0.15) is 19.3 Å². The van der Waals surface area contributed by atoms with E-state index in [1.807, 2.05) is 48.5 Å². The summed E-state index contributed by atoms with van der Waals surface area (Å²) in [5.74, 6) is 0.937. The minimum Gasteiger partial charge on any atom is -0.486 e. The Morgan fingerprint density at radius 3 is 2.79 bits per heavy atom. The number of hydrogen-bond donors (Lipinski definition) is 2. The number of anilines is 2. The molecule has 0 spiro atoms. The fourth-order valence-electron chi connectivity index (χ4n) is 3.58. The Kier molecular flexibility index (Phi) is 5.81. The fraction of sp³-hybridized carbons (Fsp3) is 0.160. The molecular formula is C25H20ClN3O5. The maximum atomic E-state index is 10.9. The van der Waals surface area contributed by atoms with E-state index >= 15 is 0 Å². The first-order chi connectivity index (χ1) is 16.5. The molecule has 1 atom stereocenters. The number of carboxylic acids is 1. The summed E-state index contributed by atoms with van der Waals surface area (Å²) in [6.45, 7) is 2.56. The Bertz CT molecular complexity index is 1420. The third kappa shape index (κ3) is 4.27. The summed E-state index contributed by atoms with van der Waals surface area (Å²) in [6.07, 6.45) is 1.50. The lowest BCUT2D eigenvalue weighted by atomic mass is 10.0. The van der Waals surface area contributed by atoms with Crippen LogP contribution in [0.5, 0.6) is 11.5 Å². The minimum atomic E-state index is -0.987. The monoisotopic (exact) mass is 477 g/mol. The van der Waals surface area contributed by atoms with Crippen molar-refractivity contribution in [2.24, 2.45) is 4.99 Å². The maximum absolute atomic E-state index is 10.9. The van der Waals surface area contributed by atoms with Crippen LogP contribution in [0.25, 0.3) is 22.1 Å². The van der Waals surface area contributed by atoms with E-state index in [4.69, 9.17) is 30.7 Å². The molecule has 0 amide bonds. The predicted octanol–water partition coefficient (Wildman–Crippen LogP) is 5.56. The second-order valence-corrected chi connectivity index (χ2v) is 8.11. The van der Waals surface area contributed by atoms with Gasteiger partial charge in [-0.1, -0.05) is 41.0 Å². The highest BCUT2D eigenvalue weighted by atomic mass is 35.5. The zero-order chi connectivity index (χ0) is 23.7. The van der Waals surface area contributed by atoms with Crippen LogP contribution in [0.2, 0.25) is 5.02 Å². The van der Waals surface area contributed by atoms with Gasteiger partial charge < -0.3 is 24.4 Å². The number of nitrogens with one attached hydrogen (secondary N) is 1. The van der Waals surface area contributed by atoms with E-state index in [2.05, 4.69) is 15.5 Å². The molecule has 0 unspecified atom stereocenters. The topological polar surface area (TPSA) is 106 Å². The number of hydrogen-bond acceptors (Lipinski definition) is 7. The Labute approximate surface area is 199 Å². The average molecular weight is 478 g/mol. The first-order valence-electron chi connectivity index (χ1n) is 10.6. The van der Waals surface area contributed by atoms with Gasteiger partial charge in [-0.05, 0) is 48.4 Å². The van der Waals surface area contributed by atoms with Gasteiger partial charge in [0.15, 0.2) is 22.9 Å². The number of fused-ring (bicyclic) bond motifs is 2. The van der Waals surface area contributed by atoms with Crippen LogP contribution in [0, 0.1) is 0 Å². The predicted molar refractivity (Wildman–Crippen MR) is 130 cm³/mol. The van der Waals surface area contributed by atoms with Gasteiger partial charge in [0.05, 0.1) is 16.1 Å². The van der Waals surface area contributed by atoms with Gasteiger partial charge in [0, 0.05) is 11.8 Å². The maximum Gasteiger partial charge on any atom is 0.328 e. The average Bonchev–Trinajstić information content (AvgIpc) is 3.25. The molecule has 2 N–H and O–H groups in total. The second-order valence-electron chi connectivity index (χ2n) is 7.73. The standard InChI is InChI=1S/C25H20ClN3O5/c1-14(25(30)31)27-13-15-5-7-18-21(11-15)34-29-24(18)28-19-4-2-3-17(23(19)26)16-6-8-20-22(12-16)33-10-9-32-20/h2-8,11-14H,9-10H2,1H3,(H,28,29)(H,30,31)/t14-/m0/s1. The first-order valence-corrected chi connectivity index (χ1v) is 11.0. The number of carboxylic acid groups (broad SMARTS) is 1. The van der Waals surface area contributed by atoms with Crippen molar-refractivity contribution in [3.05, 3.63) is 65.2 Å². The number of rotatable bonds is 6. The van der Waals surface area contributed by atoms with Crippen molar-refractivity contribution < 1.29 is 23.9 Å². The number of halogens is 1. The first kappa shape index (κ1) is 21.8. The summed E-state index contributed by atoms with van der Waals surface area (Å²) in [5, 5.41) is 17.6. The van der Waals surface area contributed by atoms with Gasteiger partial charge >= 0.3 is 5.97 Å². The van der Waals surface area contributed by atoms with Crippen LogP contribution in [0.4, 0.5) is 11.5 Å². The van der Waals surface area contributed by atoms with Crippen molar-refractivity contribution in [1.29, 1.82) is 0 Å². The molecule has 172 valence electrons. The Morgan fingerprint density at radius 2 is 1.97 bits per heavy atom. The van der Waals surface area contributed by atoms with Crippen molar-refractivity contribution >= 4 is 46.3 Å². The number of nitrogens with zero attached hydrogens (tertiary/aromatic N) is 2. The molecule has 5 rings (SSSR count). The largest absolute Gasteiger partial charge is 0.486 e. The van der Waals surface area contributed by atoms with Gasteiger partial charge in [0.25, 0.3) is 0 Å². The molecule has 8 nitrogen and oxygen atoms in total. The van der Waals surface area contributed by atoms with Crippen molar-refractivity contribution in [3.63, 3.8) is 0 Å². The molecule has 0 bridgehead atoms. The molecule has 1 aliphatic heterocycles. The molecule has 0 saturated heterocycles. The number of benzene rings is 3. The third-order valence-corrected chi connectivity index (χ3v) is 5.81. The molecule has 4 aromatic rings. The number of ether oxygens (including phenoxy) is 2. The molecule has 0 aliphatic carbocycles. The molecule has 0 saturated carbocycles. The normalized spacial score (nSPS) is 13.8. The van der Waals surface area contributed by atoms with E-state index in [1.165, 1.54) is 13.1 Å². The minimum absolute atomic E-state index is 0.511. The molecule has 0 fully saturated rings. The van der Waals surface area contributed by atoms with Crippen molar-refractivity contribution in [3.8, 4) is 22.6 Å². The highest BCUT2D eigenvalue weighted by molar-refractivity contribution is 6.36. The molecule has 1 aromatic heterocycles. The summed E-state index contributed by atoms with van der Waals surface area (Å²) in [5.41, 5.74) is 3.66. The van der Waals surface area contributed by atoms with Crippen molar-refractivity contribution in [2.75, 3.05) is 18.5 Å². The lowest BCUT2D eigenvalue weighted by Gasteiger charge is -2.19. The van der Waals surface area contributed by atoms with E-state index in [0.717, 1.165) is 22.3 Å². The van der Waals surface area contributed by atoms with Gasteiger partial charge in [0.2, 0.25) is 0 Å². The molecule has 1 aliphatic rings. The van der Waals surface area contributed by atoms with Crippen molar-refractivity contribution in [1.82, 2.24) is 5.16 Å². The van der Waals surface area contributed by atoms with Crippen LogP contribution in [0.1, 0.15) is 12.5 Å². The highest BCUT2D eigenvalue weighted by Gasteiger charge is 2.16. The van der Waals surface area contributed by atoms with E-state index in [1.54, 1.807) is 6.07 Å². The number of aromatic nitrogens is 1. The smallest absolute Gasteiger partial charge is 0.328 e. The molecular weight excluding hydrogens is 458 g/mol. The number of aliphatic carboxylic acids is 1. The number of carbonyl (C=O) groups is 1. The molecule has 3 aromatic carbocycles. The molecule has 2 heterocycles. The SMILES string of the molecule is C[C@H](N=Cc1ccc2c(Nc3cccc(-c4ccc5c(c4)OCCO5)c3Cl)noc2c1)C(=O)O. The summed E-state index contributed by atoms with van der Waals surface area (Å²) in [7, 11) is 0. The summed E-state index contributed by atoms with van der Waals surface area (Å²) >= 11 is 6.76. The summed E-state index contributed by atoms with van der Waals surface area (Å²) < 4.78 is 16.8. The third-order valence-electron chi connectivity index (χ3n) is 5.41. The number of aliphatic imine (C=N–C) groups is 1. The van der Waals surface area contributed by atoms with Gasteiger partial charge in [-0.3, -0.25) is 4.99 Å². The Hall–Kier alpha value is -4.04. The van der Waals surface area contributed by atoms with Gasteiger partial charge in [-0.25, -0.2) is 4.79 Å². The zero-order valence-corrected chi connectivity index (χ0v) is 18.9. The van der Waals surface area contributed by atoms with E-state index < -0.39 is 12.0 Å². The van der Waals surface area contributed by atoms with Gasteiger partial charge in [-0.15, -0.1) is 0 Å². The Morgan fingerprint density at radius 1 is 1.15 bits per heavy atom. The highest BCUT2D eigenvalue weighted by Crippen LogP contribution is 2.40. The molecule has 0 radical (unpaired) electrons. The van der Waals surface area contributed by atoms with Crippen LogP contribution in [-0.2, 0) is 4.79 Å². The van der Waals surface area contributed by atoms with Crippen LogP contribution in [-0.4, -0.2) is 41.7 Å². The van der Waals surface area contributed by atoms with E-state index in [-0.39, 0.29) is 0 Å². The van der Waals surface area contributed by atoms with Crippen molar-refractivity contribution in [2.45, 2.75) is 13.0 Å². The van der Waals surface area contributed by atoms with Crippen LogP contribution < -0.4 is 14.8 Å².